The molecule has 0 saturated heterocycles. The van der Waals surface area contributed by atoms with Gasteiger partial charge in [0.05, 0.1) is 33.7 Å². The van der Waals surface area contributed by atoms with Crippen molar-refractivity contribution in [2.75, 3.05) is 33.7 Å². The molecule has 0 unspecified atom stereocenters. The Morgan fingerprint density at radius 2 is 1.28 bits per heavy atom. The maximum atomic E-state index is 10.3. The summed E-state index contributed by atoms with van der Waals surface area (Å²) in [4.78, 5) is 10.3. The van der Waals surface area contributed by atoms with Gasteiger partial charge in [0.1, 0.15) is 6.54 Å². The summed E-state index contributed by atoms with van der Waals surface area (Å²) in [6, 6.07) is 10.9. The zero-order valence-corrected chi connectivity index (χ0v) is 25.2. The van der Waals surface area contributed by atoms with Crippen molar-refractivity contribution in [1.82, 2.24) is 5.32 Å². The molecule has 0 spiro atoms. The van der Waals surface area contributed by atoms with E-state index in [1.807, 2.05) is 0 Å². The van der Waals surface area contributed by atoms with Gasteiger partial charge in [-0.15, -0.1) is 0 Å². The van der Waals surface area contributed by atoms with Gasteiger partial charge in [0.25, 0.3) is 0 Å². The van der Waals surface area contributed by atoms with Crippen molar-refractivity contribution in [3.8, 4) is 0 Å². The lowest BCUT2D eigenvalue weighted by Crippen LogP contribution is -3.00. The summed E-state index contributed by atoms with van der Waals surface area (Å²) in [5.41, 5.74) is 5.00. The summed E-state index contributed by atoms with van der Waals surface area (Å²) in [6.07, 6.45) is 21.4. The van der Waals surface area contributed by atoms with Gasteiger partial charge in [0.15, 0.2) is 0 Å². The van der Waals surface area contributed by atoms with Crippen molar-refractivity contribution >= 4 is 5.91 Å². The van der Waals surface area contributed by atoms with Gasteiger partial charge in [-0.2, -0.15) is 0 Å². The Kier molecular flexibility index (Phi) is 31.2. The second-order valence-corrected chi connectivity index (χ2v) is 10.2. The zero-order valence-electron chi connectivity index (χ0n) is 23.7. The second kappa shape index (κ2) is 28.5. The predicted molar refractivity (Wildman–Crippen MR) is 148 cm³/mol. The maximum absolute atomic E-state index is 10.3. The fourth-order valence-electron chi connectivity index (χ4n) is 4.17. The largest absolute Gasteiger partial charge is 1.00 e. The summed E-state index contributed by atoms with van der Waals surface area (Å²) < 4.78 is 1.11. The van der Waals surface area contributed by atoms with Crippen LogP contribution in [0.2, 0.25) is 0 Å². The molecule has 0 bridgehead atoms. The van der Waals surface area contributed by atoms with Gasteiger partial charge < -0.3 is 40.3 Å². The van der Waals surface area contributed by atoms with Crippen molar-refractivity contribution in [1.29, 1.82) is 0 Å². The zero-order chi connectivity index (χ0) is 25.3. The Morgan fingerprint density at radius 1 is 0.833 bits per heavy atom. The van der Waals surface area contributed by atoms with E-state index < -0.39 is 0 Å². The normalized spacial score (nSPS) is 10.3. The van der Waals surface area contributed by atoms with E-state index in [4.69, 9.17) is 0 Å². The molecule has 1 amide bonds. The number of carbonyl (C=O) groups is 1. The third-order valence-electron chi connectivity index (χ3n) is 6.23. The smallest absolute Gasteiger partial charge is 0.243 e. The first-order valence-electron chi connectivity index (χ1n) is 14.0. The summed E-state index contributed by atoms with van der Waals surface area (Å²) in [6.45, 7) is 9.38. The molecule has 0 aliphatic heterocycles. The molecule has 1 rings (SSSR count). The van der Waals surface area contributed by atoms with Gasteiger partial charge in [-0.25, -0.2) is 0 Å². The standard InChI is InChI=1S/C25H46N.C5H10N2O.2ClH/c1-4-5-6-7-8-9-10-11-12-13-14-15-16-20-23-26(2,3)24-25-21-18-17-19-22-25;1-2-5(8)7-4-3-6;;/h17-19,21-22H,4-16,20,23-24H2,1-3H3;2H,1,3-4,6H2,(H,7,8);2*1H/q+1;;;/p-1. The van der Waals surface area contributed by atoms with Crippen LogP contribution in [0.3, 0.4) is 0 Å². The van der Waals surface area contributed by atoms with E-state index in [2.05, 4.69) is 69.0 Å². The minimum absolute atomic E-state index is 0. The van der Waals surface area contributed by atoms with Crippen LogP contribution in [-0.2, 0) is 11.3 Å². The van der Waals surface area contributed by atoms with Crippen LogP contribution < -0.4 is 35.9 Å². The van der Waals surface area contributed by atoms with Crippen LogP contribution >= 0.6 is 0 Å². The summed E-state index contributed by atoms with van der Waals surface area (Å²) >= 11 is 0. The first-order valence-corrected chi connectivity index (χ1v) is 14.0. The second-order valence-electron chi connectivity index (χ2n) is 10.2. The predicted octanol–water partition coefficient (Wildman–Crippen LogP) is 0.283. The van der Waals surface area contributed by atoms with E-state index >= 15 is 0 Å². The van der Waals surface area contributed by atoms with Crippen molar-refractivity contribution < 1.29 is 39.8 Å². The SMILES string of the molecule is C=CC(=O)NCC[NH3+].CCCCCCCCCCCCCCCC[N+](C)(C)Cc1ccccc1.[Cl-].[Cl-]. The van der Waals surface area contributed by atoms with Crippen LogP contribution in [0.25, 0.3) is 0 Å². The number of benzene rings is 1. The molecule has 0 radical (unpaired) electrons. The minimum atomic E-state index is -0.131. The maximum Gasteiger partial charge on any atom is 0.243 e. The summed E-state index contributed by atoms with van der Waals surface area (Å²) in [7, 11) is 4.74. The van der Waals surface area contributed by atoms with Crippen molar-refractivity contribution in [3.05, 3.63) is 48.6 Å². The van der Waals surface area contributed by atoms with E-state index in [-0.39, 0.29) is 30.7 Å². The van der Waals surface area contributed by atoms with E-state index in [1.54, 1.807) is 0 Å². The van der Waals surface area contributed by atoms with Crippen LogP contribution in [0, 0.1) is 0 Å². The van der Waals surface area contributed by atoms with E-state index in [0.717, 1.165) is 17.6 Å². The van der Waals surface area contributed by atoms with Crippen LogP contribution in [0.1, 0.15) is 102 Å². The Morgan fingerprint density at radius 3 is 1.69 bits per heavy atom. The number of hydrogen-bond acceptors (Lipinski definition) is 1. The first kappa shape index (κ1) is 39.4. The number of unbranched alkanes of at least 4 members (excludes halogenated alkanes) is 13. The van der Waals surface area contributed by atoms with Gasteiger partial charge in [-0.3, -0.25) is 4.79 Å². The summed E-state index contributed by atoms with van der Waals surface area (Å²) in [5, 5.41) is 2.56. The topological polar surface area (TPSA) is 56.7 Å². The summed E-state index contributed by atoms with van der Waals surface area (Å²) in [5.74, 6) is -0.131. The Bertz CT molecular complexity index is 597. The van der Waals surface area contributed by atoms with E-state index in [0.29, 0.717) is 6.54 Å². The fourth-order valence-corrected chi connectivity index (χ4v) is 4.17. The molecule has 0 aliphatic carbocycles. The number of nitrogens with zero attached hydrogens (tertiary/aromatic N) is 1. The molecular weight excluding hydrogens is 489 g/mol. The molecular formula is C30H57Cl2N3O. The fraction of sp³-hybridized carbons (Fsp3) is 0.700. The minimum Gasteiger partial charge on any atom is -1.00 e. The molecule has 0 aliphatic rings. The monoisotopic (exact) mass is 545 g/mol. The molecule has 6 heteroatoms. The van der Waals surface area contributed by atoms with Gasteiger partial charge in [-0.05, 0) is 18.9 Å². The van der Waals surface area contributed by atoms with Crippen LogP contribution in [0.5, 0.6) is 0 Å². The first-order chi connectivity index (χ1) is 16.4. The van der Waals surface area contributed by atoms with Gasteiger partial charge in [0, 0.05) is 5.56 Å². The molecule has 4 nitrogen and oxygen atoms in total. The van der Waals surface area contributed by atoms with Crippen LogP contribution in [-0.4, -0.2) is 44.1 Å². The number of amides is 1. The average Bonchev–Trinajstić information content (AvgIpc) is 2.83. The lowest BCUT2D eigenvalue weighted by molar-refractivity contribution is -0.903. The van der Waals surface area contributed by atoms with Gasteiger partial charge in [-0.1, -0.05) is 121 Å². The molecule has 0 heterocycles. The van der Waals surface area contributed by atoms with Crippen molar-refractivity contribution in [2.45, 2.75) is 103 Å². The van der Waals surface area contributed by atoms with Crippen molar-refractivity contribution in [2.24, 2.45) is 0 Å². The van der Waals surface area contributed by atoms with Gasteiger partial charge >= 0.3 is 0 Å². The third kappa shape index (κ3) is 27.5. The molecule has 36 heavy (non-hydrogen) atoms. The number of halogens is 2. The third-order valence-corrected chi connectivity index (χ3v) is 6.23. The average molecular weight is 547 g/mol. The molecule has 0 aromatic heterocycles. The molecule has 0 saturated carbocycles. The molecule has 212 valence electrons. The number of hydrogen-bond donors (Lipinski definition) is 2. The highest BCUT2D eigenvalue weighted by molar-refractivity contribution is 5.86. The lowest BCUT2D eigenvalue weighted by Gasteiger charge is -2.30. The van der Waals surface area contributed by atoms with Gasteiger partial charge in [0.2, 0.25) is 5.91 Å². The lowest BCUT2D eigenvalue weighted by atomic mass is 10.0. The quantitative estimate of drug-likeness (QED) is 0.138. The molecule has 0 atom stereocenters. The highest BCUT2D eigenvalue weighted by Crippen LogP contribution is 2.15. The Labute approximate surface area is 236 Å². The molecule has 1 aromatic rings. The van der Waals surface area contributed by atoms with E-state index in [9.17, 15) is 4.79 Å². The highest BCUT2D eigenvalue weighted by atomic mass is 35.5. The molecule has 1 aromatic carbocycles. The number of nitrogens with one attached hydrogen (secondary N) is 1. The Balaban J connectivity index is -0.000000940. The Hall–Kier alpha value is -1.07. The highest BCUT2D eigenvalue weighted by Gasteiger charge is 2.14. The number of quaternary nitrogens is 2. The van der Waals surface area contributed by atoms with Crippen LogP contribution in [0.4, 0.5) is 0 Å². The van der Waals surface area contributed by atoms with Crippen molar-refractivity contribution in [3.63, 3.8) is 0 Å². The number of rotatable bonds is 20. The van der Waals surface area contributed by atoms with E-state index in [1.165, 1.54) is 108 Å². The number of carbonyl (C=O) groups excluding carboxylic acids is 1. The molecule has 4 N–H and O–H groups in total. The van der Waals surface area contributed by atoms with Crippen LogP contribution in [0.15, 0.2) is 43.0 Å². The molecule has 0 fully saturated rings.